The average molecular weight is 467 g/mol. The van der Waals surface area contributed by atoms with Gasteiger partial charge in [-0.1, -0.05) is 141 Å². The first-order chi connectivity index (χ1) is 16.2. The van der Waals surface area contributed by atoms with Crippen LogP contribution in [0.1, 0.15) is 174 Å². The van der Waals surface area contributed by atoms with Crippen LogP contribution in [0.5, 0.6) is 0 Å². The van der Waals surface area contributed by atoms with Gasteiger partial charge in [-0.25, -0.2) is 0 Å². The number of hydrogen-bond acceptors (Lipinski definition) is 2. The molecule has 33 heavy (non-hydrogen) atoms. The topological polar surface area (TPSA) is 40.5 Å². The molecule has 0 saturated carbocycles. The van der Waals surface area contributed by atoms with E-state index in [0.717, 1.165) is 12.8 Å². The van der Waals surface area contributed by atoms with Gasteiger partial charge in [0, 0.05) is 0 Å². The first-order valence-corrected chi connectivity index (χ1v) is 15.2. The van der Waals surface area contributed by atoms with Crippen molar-refractivity contribution in [2.45, 2.75) is 187 Å². The van der Waals surface area contributed by atoms with Crippen LogP contribution in [0.15, 0.2) is 12.2 Å². The summed E-state index contributed by atoms with van der Waals surface area (Å²) in [6.45, 7) is 4.04. The molecule has 0 heterocycles. The van der Waals surface area contributed by atoms with Crippen LogP contribution in [0.25, 0.3) is 0 Å². The predicted octanol–water partition coefficient (Wildman–Crippen LogP) is 10.1. The largest absolute Gasteiger partial charge is 0.393 e. The Morgan fingerprint density at radius 1 is 0.485 bits per heavy atom. The van der Waals surface area contributed by atoms with E-state index in [1.165, 1.54) is 141 Å². The number of aliphatic hydroxyl groups excluding tert-OH is 2. The molecule has 2 nitrogen and oxygen atoms in total. The molecule has 0 fully saturated rings. The quantitative estimate of drug-likeness (QED) is 0.0933. The molecule has 198 valence electrons. The maximum Gasteiger partial charge on any atom is 0.0564 e. The average Bonchev–Trinajstić information content (AvgIpc) is 2.78. The highest BCUT2D eigenvalue weighted by Crippen LogP contribution is 2.15. The van der Waals surface area contributed by atoms with E-state index in [0.29, 0.717) is 6.42 Å². The summed E-state index contributed by atoms with van der Waals surface area (Å²) >= 11 is 0. The summed E-state index contributed by atoms with van der Waals surface area (Å²) in [5.74, 6) is 0. The molecule has 2 N–H and O–H groups in total. The van der Waals surface area contributed by atoms with Gasteiger partial charge in [-0.15, -0.1) is 0 Å². The van der Waals surface area contributed by atoms with E-state index in [4.69, 9.17) is 0 Å². The van der Waals surface area contributed by atoms with Crippen molar-refractivity contribution in [1.82, 2.24) is 0 Å². The summed E-state index contributed by atoms with van der Waals surface area (Å²) in [6.07, 6.45) is 37.1. The Balaban J connectivity index is 3.11. The number of unbranched alkanes of at least 4 members (excludes halogenated alkanes) is 21. The molecule has 0 rings (SSSR count). The monoisotopic (exact) mass is 466 g/mol. The summed E-state index contributed by atoms with van der Waals surface area (Å²) < 4.78 is 0. The highest BCUT2D eigenvalue weighted by molar-refractivity contribution is 4.81. The lowest BCUT2D eigenvalue weighted by molar-refractivity contribution is 0.0834. The Morgan fingerprint density at radius 3 is 1.18 bits per heavy atom. The second-order valence-electron chi connectivity index (χ2n) is 10.6. The molecule has 2 unspecified atom stereocenters. The molecule has 2 atom stereocenters. The van der Waals surface area contributed by atoms with Crippen molar-refractivity contribution >= 4 is 0 Å². The standard InChI is InChI=1S/C31H62O2/c1-3-4-5-6-7-8-9-10-11-12-13-14-15-16-17-18-19-20-21-22-23-24-25-26-27-28-31(33)29-30(2)32/h10-11,30-33H,3-9,12-29H2,1-2H3/b11-10+. The normalized spacial score (nSPS) is 13.7. The predicted molar refractivity (Wildman–Crippen MR) is 148 cm³/mol. The first-order valence-electron chi connectivity index (χ1n) is 15.2. The molecule has 2 heteroatoms. The van der Waals surface area contributed by atoms with Gasteiger partial charge in [-0.3, -0.25) is 0 Å². The van der Waals surface area contributed by atoms with Crippen molar-refractivity contribution in [1.29, 1.82) is 0 Å². The number of allylic oxidation sites excluding steroid dienone is 2. The zero-order valence-electron chi connectivity index (χ0n) is 22.9. The SMILES string of the molecule is CCCCCCCC/C=C/CCCCCCCCCCCCCCCCCC(O)CC(C)O. The van der Waals surface area contributed by atoms with Crippen LogP contribution in [0.4, 0.5) is 0 Å². The van der Waals surface area contributed by atoms with E-state index < -0.39 is 0 Å². The zero-order chi connectivity index (χ0) is 24.2. The Morgan fingerprint density at radius 2 is 0.818 bits per heavy atom. The fraction of sp³-hybridized carbons (Fsp3) is 0.935. The second-order valence-corrected chi connectivity index (χ2v) is 10.6. The lowest BCUT2D eigenvalue weighted by Crippen LogP contribution is -2.14. The van der Waals surface area contributed by atoms with Gasteiger partial charge < -0.3 is 10.2 Å². The van der Waals surface area contributed by atoms with Crippen LogP contribution in [-0.4, -0.2) is 22.4 Å². The van der Waals surface area contributed by atoms with Crippen molar-refractivity contribution in [3.8, 4) is 0 Å². The maximum absolute atomic E-state index is 9.74. The fourth-order valence-electron chi connectivity index (χ4n) is 4.73. The molecule has 0 aliphatic rings. The molecular formula is C31H62O2. The molecule has 0 spiro atoms. The lowest BCUT2D eigenvalue weighted by atomic mass is 10.0. The van der Waals surface area contributed by atoms with Crippen LogP contribution >= 0.6 is 0 Å². The fourth-order valence-corrected chi connectivity index (χ4v) is 4.73. The minimum Gasteiger partial charge on any atom is -0.393 e. The zero-order valence-corrected chi connectivity index (χ0v) is 22.9. The Kier molecular flexibility index (Phi) is 27.6. The van der Waals surface area contributed by atoms with E-state index in [-0.39, 0.29) is 12.2 Å². The van der Waals surface area contributed by atoms with Crippen molar-refractivity contribution in [3.63, 3.8) is 0 Å². The molecule has 0 amide bonds. The number of rotatable bonds is 27. The Labute approximate surface area is 209 Å². The van der Waals surface area contributed by atoms with Crippen molar-refractivity contribution in [3.05, 3.63) is 12.2 Å². The van der Waals surface area contributed by atoms with E-state index in [1.54, 1.807) is 6.92 Å². The van der Waals surface area contributed by atoms with Crippen molar-refractivity contribution in [2.24, 2.45) is 0 Å². The van der Waals surface area contributed by atoms with Gasteiger partial charge in [-0.05, 0) is 45.4 Å². The molecular weight excluding hydrogens is 404 g/mol. The highest BCUT2D eigenvalue weighted by Gasteiger charge is 2.07. The number of aliphatic hydroxyl groups is 2. The second kappa shape index (κ2) is 27.9. The van der Waals surface area contributed by atoms with Gasteiger partial charge in [0.25, 0.3) is 0 Å². The maximum atomic E-state index is 9.74. The van der Waals surface area contributed by atoms with Crippen molar-refractivity contribution < 1.29 is 10.2 Å². The van der Waals surface area contributed by atoms with Crippen LogP contribution in [-0.2, 0) is 0 Å². The van der Waals surface area contributed by atoms with Gasteiger partial charge in [0.05, 0.1) is 12.2 Å². The third-order valence-corrected chi connectivity index (χ3v) is 6.91. The van der Waals surface area contributed by atoms with Gasteiger partial charge in [0.2, 0.25) is 0 Å². The van der Waals surface area contributed by atoms with Crippen LogP contribution in [0, 0.1) is 0 Å². The molecule has 0 aromatic carbocycles. The minimum absolute atomic E-state index is 0.313. The molecule has 0 aliphatic carbocycles. The lowest BCUT2D eigenvalue weighted by Gasteiger charge is -2.11. The molecule has 0 aromatic rings. The Hall–Kier alpha value is -0.340. The third kappa shape index (κ3) is 29.6. The summed E-state index contributed by atoms with van der Waals surface area (Å²) in [4.78, 5) is 0. The van der Waals surface area contributed by atoms with E-state index in [2.05, 4.69) is 19.1 Å². The summed E-state index contributed by atoms with van der Waals surface area (Å²) in [5, 5.41) is 19.0. The third-order valence-electron chi connectivity index (χ3n) is 6.91. The van der Waals surface area contributed by atoms with Gasteiger partial charge in [-0.2, -0.15) is 0 Å². The first kappa shape index (κ1) is 32.7. The minimum atomic E-state index is -0.378. The smallest absolute Gasteiger partial charge is 0.0564 e. The molecule has 0 radical (unpaired) electrons. The van der Waals surface area contributed by atoms with Crippen molar-refractivity contribution in [2.75, 3.05) is 0 Å². The van der Waals surface area contributed by atoms with E-state index >= 15 is 0 Å². The highest BCUT2D eigenvalue weighted by atomic mass is 16.3. The molecule has 0 aliphatic heterocycles. The van der Waals surface area contributed by atoms with Crippen LogP contribution < -0.4 is 0 Å². The molecule has 0 aromatic heterocycles. The van der Waals surface area contributed by atoms with Crippen LogP contribution in [0.3, 0.4) is 0 Å². The van der Waals surface area contributed by atoms with E-state index in [9.17, 15) is 10.2 Å². The van der Waals surface area contributed by atoms with E-state index in [1.807, 2.05) is 0 Å². The van der Waals surface area contributed by atoms with Gasteiger partial charge >= 0.3 is 0 Å². The molecule has 0 saturated heterocycles. The van der Waals surface area contributed by atoms with Gasteiger partial charge in [0.1, 0.15) is 0 Å². The summed E-state index contributed by atoms with van der Waals surface area (Å²) in [6, 6.07) is 0. The van der Waals surface area contributed by atoms with Crippen LogP contribution in [0.2, 0.25) is 0 Å². The Bertz CT molecular complexity index is 377. The number of hydrogen-bond donors (Lipinski definition) is 2. The summed E-state index contributed by atoms with van der Waals surface area (Å²) in [7, 11) is 0. The van der Waals surface area contributed by atoms with Gasteiger partial charge in [0.15, 0.2) is 0 Å². The summed E-state index contributed by atoms with van der Waals surface area (Å²) in [5.41, 5.74) is 0. The molecule has 0 bridgehead atoms.